The maximum absolute atomic E-state index is 12.2. The monoisotopic (exact) mass is 369 g/mol. The van der Waals surface area contributed by atoms with E-state index in [0.29, 0.717) is 0 Å². The van der Waals surface area contributed by atoms with Gasteiger partial charge in [0.05, 0.1) is 16.4 Å². The van der Waals surface area contributed by atoms with E-state index >= 15 is 0 Å². The van der Waals surface area contributed by atoms with Gasteiger partial charge in [0.15, 0.2) is 5.75 Å². The molecule has 0 saturated carbocycles. The van der Waals surface area contributed by atoms with Crippen molar-refractivity contribution in [3.8, 4) is 5.75 Å². The van der Waals surface area contributed by atoms with Crippen LogP contribution in [0.25, 0.3) is 0 Å². The summed E-state index contributed by atoms with van der Waals surface area (Å²) >= 11 is 0. The van der Waals surface area contributed by atoms with Crippen LogP contribution in [0.15, 0.2) is 18.2 Å². The molecule has 0 aliphatic rings. The zero-order chi connectivity index (χ0) is 18.7. The van der Waals surface area contributed by atoms with E-state index in [1.54, 1.807) is 0 Å². The molecule has 3 N–H and O–H groups in total. The summed E-state index contributed by atoms with van der Waals surface area (Å²) in [5.41, 5.74) is 3.77. The predicted octanol–water partition coefficient (Wildman–Crippen LogP) is 1.92. The molecular formula is C13H14F3NO6S. The number of carboxylic acid groups (broad SMARTS) is 1. The number of carboxylic acids is 1. The van der Waals surface area contributed by atoms with Crippen LogP contribution in [0, 0.1) is 0 Å². The van der Waals surface area contributed by atoms with Crippen LogP contribution in [0.2, 0.25) is 0 Å². The molecule has 1 atom stereocenters. The third-order valence-corrected chi connectivity index (χ3v) is 4.67. The van der Waals surface area contributed by atoms with Gasteiger partial charge in [-0.2, -0.15) is 21.6 Å². The third kappa shape index (κ3) is 5.11. The lowest BCUT2D eigenvalue weighted by atomic mass is 10.1. The highest BCUT2D eigenvalue weighted by Crippen LogP contribution is 2.28. The first-order valence-electron chi connectivity index (χ1n) is 6.51. The number of nitrogens with two attached hydrogens (primary N) is 1. The van der Waals surface area contributed by atoms with Crippen LogP contribution in [-0.2, 0) is 10.1 Å². The number of amides is 1. The van der Waals surface area contributed by atoms with Crippen molar-refractivity contribution in [1.29, 1.82) is 0 Å². The second kappa shape index (κ2) is 7.07. The zero-order valence-electron chi connectivity index (χ0n) is 12.3. The van der Waals surface area contributed by atoms with Crippen LogP contribution in [0.3, 0.4) is 0 Å². The first-order chi connectivity index (χ1) is 10.8. The fourth-order valence-electron chi connectivity index (χ4n) is 1.75. The number of carbonyl (C=O) groups is 2. The number of rotatable bonds is 7. The molecule has 11 heteroatoms. The highest BCUT2D eigenvalue weighted by molar-refractivity contribution is 7.87. The summed E-state index contributed by atoms with van der Waals surface area (Å²) in [6.07, 6.45) is -6.63. The first kappa shape index (κ1) is 19.7. The summed E-state index contributed by atoms with van der Waals surface area (Å²) in [6, 6.07) is 3.11. The number of hydrogen-bond donors (Lipinski definition) is 2. The van der Waals surface area contributed by atoms with Gasteiger partial charge < -0.3 is 15.0 Å². The predicted molar refractivity (Wildman–Crippen MR) is 76.2 cm³/mol. The van der Waals surface area contributed by atoms with Crippen LogP contribution in [0.1, 0.15) is 40.5 Å². The molecule has 7 nitrogen and oxygen atoms in total. The number of primary amides is 1. The zero-order valence-corrected chi connectivity index (χ0v) is 13.1. The van der Waals surface area contributed by atoms with Crippen molar-refractivity contribution < 1.29 is 40.5 Å². The van der Waals surface area contributed by atoms with Gasteiger partial charge in [-0.15, -0.1) is 0 Å². The van der Waals surface area contributed by atoms with Gasteiger partial charge >= 0.3 is 22.3 Å². The van der Waals surface area contributed by atoms with Crippen LogP contribution in [0.4, 0.5) is 13.2 Å². The minimum absolute atomic E-state index is 0.585. The van der Waals surface area contributed by atoms with Crippen molar-refractivity contribution in [2.75, 3.05) is 0 Å². The Kier molecular flexibility index (Phi) is 5.82. The SMILES string of the molecule is CC(CCC(F)(F)F)S(=O)(=O)Oc1cccc(C(=O)O)c1C(N)=O. The Bertz CT molecular complexity index is 745. The molecule has 1 amide bonds. The Morgan fingerprint density at radius 2 is 1.92 bits per heavy atom. The Morgan fingerprint density at radius 3 is 2.38 bits per heavy atom. The number of aromatic carboxylic acids is 1. The van der Waals surface area contributed by atoms with E-state index in [2.05, 4.69) is 4.18 Å². The molecule has 0 heterocycles. The summed E-state index contributed by atoms with van der Waals surface area (Å²) in [6.45, 7) is 1.01. The smallest absolute Gasteiger partial charge is 0.389 e. The van der Waals surface area contributed by atoms with Gasteiger partial charge in [0.1, 0.15) is 0 Å². The van der Waals surface area contributed by atoms with Crippen LogP contribution >= 0.6 is 0 Å². The topological polar surface area (TPSA) is 124 Å². The van der Waals surface area contributed by atoms with Gasteiger partial charge in [0, 0.05) is 6.42 Å². The number of benzene rings is 1. The number of halogens is 3. The van der Waals surface area contributed by atoms with Crippen molar-refractivity contribution in [2.24, 2.45) is 5.73 Å². The van der Waals surface area contributed by atoms with Crippen molar-refractivity contribution in [1.82, 2.24) is 0 Å². The van der Waals surface area contributed by atoms with Gasteiger partial charge in [0.25, 0.3) is 5.91 Å². The van der Waals surface area contributed by atoms with Crippen molar-refractivity contribution >= 4 is 22.0 Å². The maximum atomic E-state index is 12.2. The second-order valence-corrected chi connectivity index (χ2v) is 6.85. The minimum atomic E-state index is -4.54. The highest BCUT2D eigenvalue weighted by Gasteiger charge is 2.33. The molecule has 0 aliphatic heterocycles. The molecule has 0 aliphatic carbocycles. The Hall–Kier alpha value is -2.30. The average molecular weight is 369 g/mol. The van der Waals surface area contributed by atoms with Crippen LogP contribution in [-0.4, -0.2) is 36.8 Å². The standard InChI is InChI=1S/C13H14F3NO6S/c1-7(5-6-13(14,15)16)24(21,22)23-9-4-2-3-8(12(19)20)10(9)11(17)18/h2-4,7H,5-6H2,1H3,(H2,17,18)(H,19,20). The van der Waals surface area contributed by atoms with Crippen LogP contribution in [0.5, 0.6) is 5.75 Å². The lowest BCUT2D eigenvalue weighted by molar-refractivity contribution is -0.135. The summed E-state index contributed by atoms with van der Waals surface area (Å²) < 4.78 is 65.2. The summed E-state index contributed by atoms with van der Waals surface area (Å²) in [5.74, 6) is -3.45. The van der Waals surface area contributed by atoms with Crippen molar-refractivity contribution in [2.45, 2.75) is 31.2 Å². The molecule has 0 saturated heterocycles. The number of hydrogen-bond acceptors (Lipinski definition) is 5. The van der Waals surface area contributed by atoms with Crippen molar-refractivity contribution in [3.05, 3.63) is 29.3 Å². The molecule has 1 rings (SSSR count). The van der Waals surface area contributed by atoms with E-state index in [4.69, 9.17) is 10.8 Å². The summed E-state index contributed by atoms with van der Waals surface area (Å²) in [5, 5.41) is 7.45. The molecule has 1 aromatic rings. The lowest BCUT2D eigenvalue weighted by Gasteiger charge is -2.16. The Balaban J connectivity index is 3.14. The molecule has 0 radical (unpaired) electrons. The van der Waals surface area contributed by atoms with E-state index < -0.39 is 63.1 Å². The van der Waals surface area contributed by atoms with Gasteiger partial charge in [-0.25, -0.2) is 4.79 Å². The van der Waals surface area contributed by atoms with E-state index in [9.17, 15) is 31.2 Å². The van der Waals surface area contributed by atoms with Gasteiger partial charge in [-0.1, -0.05) is 6.07 Å². The largest absolute Gasteiger partial charge is 0.478 e. The molecule has 0 fully saturated rings. The second-order valence-electron chi connectivity index (χ2n) is 4.89. The number of carbonyl (C=O) groups excluding carboxylic acids is 1. The summed E-state index contributed by atoms with van der Waals surface area (Å²) in [7, 11) is -4.53. The Labute approximate surface area is 135 Å². The quantitative estimate of drug-likeness (QED) is 0.708. The van der Waals surface area contributed by atoms with Gasteiger partial charge in [-0.3, -0.25) is 4.79 Å². The highest BCUT2D eigenvalue weighted by atomic mass is 32.2. The van der Waals surface area contributed by atoms with Crippen molar-refractivity contribution in [3.63, 3.8) is 0 Å². The van der Waals surface area contributed by atoms with Crippen LogP contribution < -0.4 is 9.92 Å². The van der Waals surface area contributed by atoms with Gasteiger partial charge in [0.2, 0.25) is 0 Å². The molecule has 0 bridgehead atoms. The molecule has 134 valence electrons. The molecule has 1 unspecified atom stereocenters. The summed E-state index contributed by atoms with van der Waals surface area (Å²) in [4.78, 5) is 22.4. The Morgan fingerprint density at radius 1 is 1.33 bits per heavy atom. The average Bonchev–Trinajstić information content (AvgIpc) is 2.42. The van der Waals surface area contributed by atoms with E-state index in [1.807, 2.05) is 0 Å². The minimum Gasteiger partial charge on any atom is -0.478 e. The molecule has 0 spiro atoms. The van der Waals surface area contributed by atoms with E-state index in [1.165, 1.54) is 0 Å². The third-order valence-electron chi connectivity index (χ3n) is 3.04. The fourth-order valence-corrected chi connectivity index (χ4v) is 2.71. The normalized spacial score (nSPS) is 13.3. The lowest BCUT2D eigenvalue weighted by Crippen LogP contribution is -2.27. The molecular weight excluding hydrogens is 355 g/mol. The van der Waals surface area contributed by atoms with Gasteiger partial charge in [-0.05, 0) is 25.5 Å². The van der Waals surface area contributed by atoms with E-state index in [-0.39, 0.29) is 0 Å². The van der Waals surface area contributed by atoms with E-state index in [0.717, 1.165) is 25.1 Å². The molecule has 1 aromatic carbocycles. The molecule has 24 heavy (non-hydrogen) atoms. The first-order valence-corrected chi connectivity index (χ1v) is 7.98. The molecule has 0 aromatic heterocycles. The maximum Gasteiger partial charge on any atom is 0.389 e. The fraction of sp³-hybridized carbons (Fsp3) is 0.385. The number of alkyl halides is 3.